The van der Waals surface area contributed by atoms with Gasteiger partial charge in [0.2, 0.25) is 0 Å². The van der Waals surface area contributed by atoms with E-state index in [4.69, 9.17) is 18.9 Å². The van der Waals surface area contributed by atoms with Crippen LogP contribution in [0.1, 0.15) is 82.1 Å². The van der Waals surface area contributed by atoms with Crippen LogP contribution < -0.4 is 18.9 Å². The number of alkyl halides is 7. The third-order valence-corrected chi connectivity index (χ3v) is 7.98. The summed E-state index contributed by atoms with van der Waals surface area (Å²) in [6.45, 7) is 0.230. The van der Waals surface area contributed by atoms with Gasteiger partial charge in [0.15, 0.2) is 6.61 Å². The molecule has 0 fully saturated rings. The van der Waals surface area contributed by atoms with Gasteiger partial charge in [0, 0.05) is 0 Å². The summed E-state index contributed by atoms with van der Waals surface area (Å²) in [7, 11) is 0. The predicted molar refractivity (Wildman–Crippen MR) is 185 cm³/mol. The van der Waals surface area contributed by atoms with Gasteiger partial charge in [-0.1, -0.05) is 69.4 Å². The van der Waals surface area contributed by atoms with Crippen LogP contribution in [0.5, 0.6) is 23.0 Å². The summed E-state index contributed by atoms with van der Waals surface area (Å²) in [5, 5.41) is 0. The van der Waals surface area contributed by atoms with Crippen LogP contribution in [-0.2, 0) is 11.3 Å². The standard InChI is InChI=1S/C40H37F7O8/c1-2-3-4-5-6-10-23-51-30-16-13-28(14-17-30)35(48)55-34-22-15-29(24-33(34)37(50)52-25-27-11-8-7-9-12-27)36(49)54-32-20-18-31(19-21-32)53-26-38(41,42)39(43,44)40(45,46)47/h7-9,11-22,24H,2-6,10,23,25-26H2,1H3. The van der Waals surface area contributed by atoms with Crippen molar-refractivity contribution >= 4 is 17.9 Å². The summed E-state index contributed by atoms with van der Waals surface area (Å²) in [5.41, 5.74) is 0.267. The van der Waals surface area contributed by atoms with Crippen LogP contribution in [0.2, 0.25) is 0 Å². The average Bonchev–Trinajstić information content (AvgIpc) is 3.16. The van der Waals surface area contributed by atoms with Crippen molar-refractivity contribution in [1.82, 2.24) is 0 Å². The second kappa shape index (κ2) is 19.1. The lowest BCUT2D eigenvalue weighted by atomic mass is 10.1. The Kier molecular flexibility index (Phi) is 14.7. The number of benzene rings is 4. The molecule has 0 aliphatic heterocycles. The molecular formula is C40H37F7O8. The molecule has 0 aliphatic carbocycles. The van der Waals surface area contributed by atoms with Gasteiger partial charge in [-0.3, -0.25) is 0 Å². The Morgan fingerprint density at radius 3 is 1.80 bits per heavy atom. The van der Waals surface area contributed by atoms with Crippen molar-refractivity contribution < 1.29 is 68.8 Å². The maximum absolute atomic E-state index is 13.6. The van der Waals surface area contributed by atoms with E-state index in [9.17, 15) is 45.1 Å². The molecule has 0 amide bonds. The van der Waals surface area contributed by atoms with Crippen LogP contribution in [0, 0.1) is 0 Å². The van der Waals surface area contributed by atoms with Gasteiger partial charge < -0.3 is 23.7 Å². The molecule has 4 aromatic rings. The normalized spacial score (nSPS) is 11.8. The molecule has 294 valence electrons. The van der Waals surface area contributed by atoms with E-state index < -0.39 is 48.3 Å². The minimum absolute atomic E-state index is 0.143. The lowest BCUT2D eigenvalue weighted by Gasteiger charge is -2.27. The molecule has 4 rings (SSSR count). The Balaban J connectivity index is 1.43. The highest BCUT2D eigenvalue weighted by molar-refractivity contribution is 5.99. The maximum Gasteiger partial charge on any atom is 0.460 e. The number of carbonyl (C=O) groups is 3. The topological polar surface area (TPSA) is 97.4 Å². The van der Waals surface area contributed by atoms with Gasteiger partial charge in [-0.15, -0.1) is 0 Å². The largest absolute Gasteiger partial charge is 0.494 e. The highest BCUT2D eigenvalue weighted by Gasteiger charge is 2.73. The minimum Gasteiger partial charge on any atom is -0.494 e. The second-order valence-corrected chi connectivity index (χ2v) is 12.2. The number of esters is 3. The Hall–Kier alpha value is -5.60. The van der Waals surface area contributed by atoms with Crippen molar-refractivity contribution in [2.45, 2.75) is 70.1 Å². The molecular weight excluding hydrogens is 741 g/mol. The fourth-order valence-corrected chi connectivity index (χ4v) is 4.87. The lowest BCUT2D eigenvalue weighted by Crippen LogP contribution is -2.54. The van der Waals surface area contributed by atoms with Gasteiger partial charge >= 0.3 is 35.9 Å². The number of carbonyl (C=O) groups excluding carboxylic acids is 3. The van der Waals surface area contributed by atoms with Gasteiger partial charge in [-0.2, -0.15) is 30.7 Å². The summed E-state index contributed by atoms with van der Waals surface area (Å²) >= 11 is 0. The van der Waals surface area contributed by atoms with Crippen molar-refractivity contribution in [3.8, 4) is 23.0 Å². The summed E-state index contributed by atoms with van der Waals surface area (Å²) in [5.74, 6) is -15.2. The molecule has 0 saturated heterocycles. The molecule has 0 unspecified atom stereocenters. The summed E-state index contributed by atoms with van der Waals surface area (Å²) in [6.07, 6.45) is 0.137. The maximum atomic E-state index is 13.6. The van der Waals surface area contributed by atoms with E-state index in [0.29, 0.717) is 17.9 Å². The number of ether oxygens (including phenoxy) is 5. The van der Waals surface area contributed by atoms with E-state index in [-0.39, 0.29) is 34.8 Å². The van der Waals surface area contributed by atoms with Crippen molar-refractivity contribution in [2.75, 3.05) is 13.2 Å². The smallest absolute Gasteiger partial charge is 0.460 e. The zero-order valence-corrected chi connectivity index (χ0v) is 29.5. The molecule has 0 heterocycles. The van der Waals surface area contributed by atoms with Gasteiger partial charge in [0.25, 0.3) is 0 Å². The number of rotatable bonds is 19. The molecule has 8 nitrogen and oxygen atoms in total. The van der Waals surface area contributed by atoms with E-state index in [0.717, 1.165) is 49.6 Å². The lowest BCUT2D eigenvalue weighted by molar-refractivity contribution is -0.358. The van der Waals surface area contributed by atoms with Gasteiger partial charge in [0.05, 0.1) is 17.7 Å². The van der Waals surface area contributed by atoms with E-state index in [1.54, 1.807) is 42.5 Å². The fourth-order valence-electron chi connectivity index (χ4n) is 4.87. The molecule has 0 atom stereocenters. The first-order valence-corrected chi connectivity index (χ1v) is 17.2. The van der Waals surface area contributed by atoms with Crippen LogP contribution in [-0.4, -0.2) is 49.1 Å². The van der Waals surface area contributed by atoms with E-state index in [1.165, 1.54) is 43.5 Å². The van der Waals surface area contributed by atoms with Crippen molar-refractivity contribution in [3.63, 3.8) is 0 Å². The van der Waals surface area contributed by atoms with Crippen LogP contribution in [0.25, 0.3) is 0 Å². The first-order chi connectivity index (χ1) is 26.1. The van der Waals surface area contributed by atoms with Crippen molar-refractivity contribution in [3.05, 3.63) is 119 Å². The SMILES string of the molecule is CCCCCCCCOc1ccc(C(=O)Oc2ccc(C(=O)Oc3ccc(OCC(F)(F)C(F)(F)C(F)(F)F)cc3)cc2C(=O)OCc2ccccc2)cc1. The van der Waals surface area contributed by atoms with E-state index >= 15 is 0 Å². The zero-order valence-electron chi connectivity index (χ0n) is 29.5. The van der Waals surface area contributed by atoms with Crippen LogP contribution in [0.4, 0.5) is 30.7 Å². The number of halogens is 7. The first kappa shape index (κ1) is 42.1. The molecule has 4 aromatic carbocycles. The highest BCUT2D eigenvalue weighted by atomic mass is 19.4. The minimum atomic E-state index is -6.51. The molecule has 0 spiro atoms. The Morgan fingerprint density at radius 1 is 0.582 bits per heavy atom. The van der Waals surface area contributed by atoms with E-state index in [2.05, 4.69) is 11.7 Å². The van der Waals surface area contributed by atoms with Gasteiger partial charge in [-0.05, 0) is 78.7 Å². The molecule has 0 aromatic heterocycles. The molecule has 0 radical (unpaired) electrons. The molecule has 0 N–H and O–H groups in total. The summed E-state index contributed by atoms with van der Waals surface area (Å²) < 4.78 is 117. The predicted octanol–water partition coefficient (Wildman–Crippen LogP) is 10.4. The highest BCUT2D eigenvalue weighted by Crippen LogP contribution is 2.46. The van der Waals surface area contributed by atoms with E-state index in [1.807, 2.05) is 0 Å². The second-order valence-electron chi connectivity index (χ2n) is 12.2. The fraction of sp³-hybridized carbons (Fsp3) is 0.325. The molecule has 0 aliphatic rings. The number of hydrogen-bond acceptors (Lipinski definition) is 8. The zero-order chi connectivity index (χ0) is 40.1. The Morgan fingerprint density at radius 2 is 1.15 bits per heavy atom. The van der Waals surface area contributed by atoms with Crippen LogP contribution in [0.15, 0.2) is 97.1 Å². The molecule has 55 heavy (non-hydrogen) atoms. The van der Waals surface area contributed by atoms with Crippen molar-refractivity contribution in [1.29, 1.82) is 0 Å². The van der Waals surface area contributed by atoms with Crippen LogP contribution in [0.3, 0.4) is 0 Å². The Bertz CT molecular complexity index is 1860. The quantitative estimate of drug-likeness (QED) is 0.0402. The number of hydrogen-bond donors (Lipinski definition) is 0. The van der Waals surface area contributed by atoms with Crippen LogP contribution >= 0.6 is 0 Å². The Labute approximate surface area is 312 Å². The molecule has 15 heteroatoms. The number of unbranched alkanes of at least 4 members (excludes halogenated alkanes) is 5. The summed E-state index contributed by atoms with van der Waals surface area (Å²) in [4.78, 5) is 39.4. The monoisotopic (exact) mass is 778 g/mol. The third kappa shape index (κ3) is 11.9. The third-order valence-electron chi connectivity index (χ3n) is 7.98. The molecule has 0 saturated carbocycles. The summed E-state index contributed by atoms with van der Waals surface area (Å²) in [6, 6.07) is 22.1. The van der Waals surface area contributed by atoms with Crippen molar-refractivity contribution in [2.24, 2.45) is 0 Å². The average molecular weight is 779 g/mol. The van der Waals surface area contributed by atoms with Gasteiger partial charge in [-0.25, -0.2) is 14.4 Å². The first-order valence-electron chi connectivity index (χ1n) is 17.2. The van der Waals surface area contributed by atoms with Gasteiger partial charge in [0.1, 0.15) is 35.2 Å². The molecule has 0 bridgehead atoms.